The molecule has 0 radical (unpaired) electrons. The molecule has 0 saturated carbocycles. The van der Waals surface area contributed by atoms with Crippen molar-refractivity contribution in [2.24, 2.45) is 5.10 Å². The zero-order chi connectivity index (χ0) is 15.2. The number of benzene rings is 2. The van der Waals surface area contributed by atoms with Crippen molar-refractivity contribution < 1.29 is 0 Å². The molecule has 2 aromatic carbocycles. The molecule has 0 aliphatic carbocycles. The first-order valence-electron chi connectivity index (χ1n) is 6.17. The second-order valence-corrected chi connectivity index (χ2v) is 5.50. The number of rotatable bonds is 3. The fraction of sp³-hybridized carbons (Fsp3) is 0.0667. The second kappa shape index (κ2) is 7.41. The Morgan fingerprint density at radius 3 is 2.43 bits per heavy atom. The summed E-state index contributed by atoms with van der Waals surface area (Å²) in [5, 5.41) is 8.57. The van der Waals surface area contributed by atoms with Crippen LogP contribution in [0.2, 0.25) is 10.0 Å². The van der Waals surface area contributed by atoms with Crippen LogP contribution >= 0.6 is 35.4 Å². The quantitative estimate of drug-likeness (QED) is 0.487. The minimum absolute atomic E-state index is 0.392. The zero-order valence-corrected chi connectivity index (χ0v) is 13.6. The summed E-state index contributed by atoms with van der Waals surface area (Å²) in [7, 11) is 0. The highest BCUT2D eigenvalue weighted by Crippen LogP contribution is 2.22. The number of hydrogen-bond donors (Lipinski definition) is 2. The maximum absolute atomic E-state index is 6.04. The molecule has 0 aliphatic rings. The summed E-state index contributed by atoms with van der Waals surface area (Å²) in [6.07, 6.45) is 1.54. The summed E-state index contributed by atoms with van der Waals surface area (Å²) in [5.41, 5.74) is 5.41. The van der Waals surface area contributed by atoms with E-state index in [0.29, 0.717) is 20.7 Å². The van der Waals surface area contributed by atoms with Gasteiger partial charge in [0, 0.05) is 11.3 Å². The minimum atomic E-state index is 0.392. The van der Waals surface area contributed by atoms with Gasteiger partial charge in [0.2, 0.25) is 0 Å². The van der Waals surface area contributed by atoms with E-state index in [4.69, 9.17) is 35.4 Å². The molecule has 6 heteroatoms. The molecule has 2 rings (SSSR count). The highest BCUT2D eigenvalue weighted by atomic mass is 35.5. The Labute approximate surface area is 139 Å². The van der Waals surface area contributed by atoms with Crippen LogP contribution in [-0.2, 0) is 0 Å². The first kappa shape index (κ1) is 15.8. The van der Waals surface area contributed by atoms with Crippen molar-refractivity contribution in [3.8, 4) is 0 Å². The number of hydrogen-bond acceptors (Lipinski definition) is 2. The Kier molecular flexibility index (Phi) is 5.56. The van der Waals surface area contributed by atoms with Crippen molar-refractivity contribution in [3.05, 3.63) is 63.6 Å². The number of halogens is 2. The Morgan fingerprint density at radius 2 is 1.76 bits per heavy atom. The molecule has 0 heterocycles. The largest absolute Gasteiger partial charge is 0.331 e. The van der Waals surface area contributed by atoms with Gasteiger partial charge >= 0.3 is 0 Å². The van der Waals surface area contributed by atoms with Crippen LogP contribution in [0.4, 0.5) is 5.69 Å². The van der Waals surface area contributed by atoms with Gasteiger partial charge in [0.25, 0.3) is 0 Å². The molecule has 0 aromatic heterocycles. The van der Waals surface area contributed by atoms with E-state index in [9.17, 15) is 0 Å². The lowest BCUT2D eigenvalue weighted by molar-refractivity contribution is 1.05. The van der Waals surface area contributed by atoms with Gasteiger partial charge in [-0.15, -0.1) is 0 Å². The lowest BCUT2D eigenvalue weighted by Crippen LogP contribution is -2.24. The van der Waals surface area contributed by atoms with Crippen LogP contribution in [-0.4, -0.2) is 11.3 Å². The maximum Gasteiger partial charge on any atom is 0.191 e. The van der Waals surface area contributed by atoms with Crippen molar-refractivity contribution in [2.75, 3.05) is 5.32 Å². The lowest BCUT2D eigenvalue weighted by atomic mass is 10.2. The molecule has 2 aromatic rings. The Morgan fingerprint density at radius 1 is 1.10 bits per heavy atom. The minimum Gasteiger partial charge on any atom is -0.331 e. The number of para-hydroxylation sites is 1. The molecule has 0 aliphatic heterocycles. The van der Waals surface area contributed by atoms with E-state index in [2.05, 4.69) is 15.8 Å². The SMILES string of the molecule is Cc1ccccc1NC(=S)N/N=C\c1c(Cl)cccc1Cl. The van der Waals surface area contributed by atoms with Crippen LogP contribution in [0.25, 0.3) is 0 Å². The number of aryl methyl sites for hydroxylation is 1. The highest BCUT2D eigenvalue weighted by molar-refractivity contribution is 7.80. The summed E-state index contributed by atoms with van der Waals surface area (Å²) in [5.74, 6) is 0. The van der Waals surface area contributed by atoms with Crippen molar-refractivity contribution in [1.82, 2.24) is 5.43 Å². The third-order valence-electron chi connectivity index (χ3n) is 2.75. The summed E-state index contributed by atoms with van der Waals surface area (Å²) >= 11 is 17.3. The monoisotopic (exact) mass is 337 g/mol. The number of anilines is 1. The molecule has 108 valence electrons. The van der Waals surface area contributed by atoms with Gasteiger partial charge in [-0.05, 0) is 42.9 Å². The summed E-state index contributed by atoms with van der Waals surface area (Å²) in [6, 6.07) is 13.1. The predicted molar refractivity (Wildman–Crippen MR) is 94.6 cm³/mol. The molecule has 0 unspecified atom stereocenters. The third kappa shape index (κ3) is 4.43. The molecule has 0 saturated heterocycles. The van der Waals surface area contributed by atoms with Crippen LogP contribution in [0.5, 0.6) is 0 Å². The first-order chi connectivity index (χ1) is 10.1. The van der Waals surface area contributed by atoms with E-state index in [1.54, 1.807) is 18.2 Å². The first-order valence-corrected chi connectivity index (χ1v) is 7.34. The average molecular weight is 338 g/mol. The maximum atomic E-state index is 6.04. The summed E-state index contributed by atoms with van der Waals surface area (Å²) < 4.78 is 0. The van der Waals surface area contributed by atoms with Gasteiger partial charge in [0.15, 0.2) is 5.11 Å². The van der Waals surface area contributed by atoms with Gasteiger partial charge in [0.05, 0.1) is 16.3 Å². The van der Waals surface area contributed by atoms with E-state index in [1.165, 1.54) is 6.21 Å². The smallest absolute Gasteiger partial charge is 0.191 e. The van der Waals surface area contributed by atoms with Gasteiger partial charge in [-0.3, -0.25) is 5.43 Å². The van der Waals surface area contributed by atoms with E-state index < -0.39 is 0 Å². The van der Waals surface area contributed by atoms with Crippen molar-refractivity contribution in [1.29, 1.82) is 0 Å². The molecule has 2 N–H and O–H groups in total. The molecular formula is C15H13Cl2N3S. The van der Waals surface area contributed by atoms with Gasteiger partial charge < -0.3 is 5.32 Å². The number of thiocarbonyl (C=S) groups is 1. The third-order valence-corrected chi connectivity index (χ3v) is 3.61. The number of nitrogens with zero attached hydrogens (tertiary/aromatic N) is 1. The van der Waals surface area contributed by atoms with Crippen LogP contribution in [0.1, 0.15) is 11.1 Å². The molecule has 0 bridgehead atoms. The molecular weight excluding hydrogens is 325 g/mol. The molecule has 0 atom stereocenters. The van der Waals surface area contributed by atoms with E-state index >= 15 is 0 Å². The molecule has 3 nitrogen and oxygen atoms in total. The topological polar surface area (TPSA) is 36.4 Å². The highest BCUT2D eigenvalue weighted by Gasteiger charge is 2.02. The Bertz CT molecular complexity index is 666. The number of nitrogens with one attached hydrogen (secondary N) is 2. The Hall–Kier alpha value is -1.62. The van der Waals surface area contributed by atoms with Gasteiger partial charge in [-0.1, -0.05) is 47.5 Å². The summed E-state index contributed by atoms with van der Waals surface area (Å²) in [6.45, 7) is 2.00. The second-order valence-electron chi connectivity index (χ2n) is 4.27. The molecule has 0 amide bonds. The molecule has 0 fully saturated rings. The standard InChI is InChI=1S/C15H13Cl2N3S/c1-10-5-2-3-8-14(10)19-15(21)20-18-9-11-12(16)6-4-7-13(11)17/h2-9H,1H3,(H2,19,20,21)/b18-9-. The number of hydrazone groups is 1. The van der Waals surface area contributed by atoms with Crippen LogP contribution in [0.15, 0.2) is 47.6 Å². The van der Waals surface area contributed by atoms with Crippen LogP contribution in [0.3, 0.4) is 0 Å². The summed E-state index contributed by atoms with van der Waals surface area (Å²) in [4.78, 5) is 0. The lowest BCUT2D eigenvalue weighted by Gasteiger charge is -2.09. The van der Waals surface area contributed by atoms with Crippen LogP contribution < -0.4 is 10.7 Å². The fourth-order valence-electron chi connectivity index (χ4n) is 1.65. The van der Waals surface area contributed by atoms with Gasteiger partial charge in [-0.2, -0.15) is 5.10 Å². The molecule has 21 heavy (non-hydrogen) atoms. The van der Waals surface area contributed by atoms with Crippen molar-refractivity contribution in [3.63, 3.8) is 0 Å². The molecule has 0 spiro atoms. The zero-order valence-electron chi connectivity index (χ0n) is 11.2. The van der Waals surface area contributed by atoms with Crippen LogP contribution in [0, 0.1) is 6.92 Å². The van der Waals surface area contributed by atoms with E-state index in [1.807, 2.05) is 31.2 Å². The van der Waals surface area contributed by atoms with Crippen molar-refractivity contribution in [2.45, 2.75) is 6.92 Å². The van der Waals surface area contributed by atoms with E-state index in [-0.39, 0.29) is 0 Å². The van der Waals surface area contributed by atoms with Gasteiger partial charge in [0.1, 0.15) is 0 Å². The van der Waals surface area contributed by atoms with Gasteiger partial charge in [-0.25, -0.2) is 0 Å². The van der Waals surface area contributed by atoms with Crippen molar-refractivity contribution >= 4 is 52.4 Å². The van der Waals surface area contributed by atoms with E-state index in [0.717, 1.165) is 11.3 Å². The predicted octanol–water partition coefficient (Wildman–Crippen LogP) is 4.62. The Balaban J connectivity index is 1.98. The average Bonchev–Trinajstić information content (AvgIpc) is 2.45. The fourth-order valence-corrected chi connectivity index (χ4v) is 2.31. The normalized spacial score (nSPS) is 10.6.